The molecule has 1 atom stereocenters. The van der Waals surface area contributed by atoms with Gasteiger partial charge in [-0.1, -0.05) is 13.8 Å². The maximum absolute atomic E-state index is 6.03. The van der Waals surface area contributed by atoms with Crippen LogP contribution in [0.2, 0.25) is 0 Å². The maximum Gasteiger partial charge on any atom is 0.0373 e. The zero-order chi connectivity index (χ0) is 9.19. The fourth-order valence-corrected chi connectivity index (χ4v) is 1.11. The molecule has 5 N–H and O–H groups in total. The first-order chi connectivity index (χ1) is 5.58. The molecule has 0 radical (unpaired) electrons. The van der Waals surface area contributed by atoms with Crippen molar-refractivity contribution >= 4 is 0 Å². The van der Waals surface area contributed by atoms with Crippen molar-refractivity contribution in [2.75, 3.05) is 6.54 Å². The molecular formula is C9H17N3. The molecule has 1 rings (SSSR count). The first-order valence-electron chi connectivity index (χ1n) is 4.16. The summed E-state index contributed by atoms with van der Waals surface area (Å²) in [6.45, 7) is 4.74. The molecule has 3 nitrogen and oxygen atoms in total. The lowest BCUT2D eigenvalue weighted by Gasteiger charge is -2.29. The normalized spacial score (nSPS) is 14.7. The molecule has 0 aliphatic carbocycles. The van der Waals surface area contributed by atoms with Crippen molar-refractivity contribution < 1.29 is 0 Å². The minimum Gasteiger partial charge on any atom is -0.367 e. The fraction of sp³-hybridized carbons (Fsp3) is 0.556. The predicted molar refractivity (Wildman–Crippen MR) is 50.6 cm³/mol. The number of hydrogen-bond donors (Lipinski definition) is 3. The van der Waals surface area contributed by atoms with E-state index in [-0.39, 0.29) is 11.5 Å². The molecule has 0 fully saturated rings. The second kappa shape index (κ2) is 3.29. The highest BCUT2D eigenvalue weighted by molar-refractivity contribution is 5.16. The average molecular weight is 167 g/mol. The van der Waals surface area contributed by atoms with Gasteiger partial charge in [-0.25, -0.2) is 0 Å². The average Bonchev–Trinajstić information content (AvgIpc) is 2.55. The van der Waals surface area contributed by atoms with Gasteiger partial charge in [0.15, 0.2) is 0 Å². The quantitative estimate of drug-likeness (QED) is 0.628. The molecule has 0 bridgehead atoms. The predicted octanol–water partition coefficient (Wildman–Crippen LogP) is 0.999. The highest BCUT2D eigenvalue weighted by atomic mass is 14.7. The van der Waals surface area contributed by atoms with Gasteiger partial charge < -0.3 is 16.5 Å². The summed E-state index contributed by atoms with van der Waals surface area (Å²) in [5.41, 5.74) is 12.7. The van der Waals surface area contributed by atoms with Crippen molar-refractivity contribution in [2.45, 2.75) is 19.9 Å². The van der Waals surface area contributed by atoms with Gasteiger partial charge >= 0.3 is 0 Å². The maximum atomic E-state index is 6.03. The van der Waals surface area contributed by atoms with Gasteiger partial charge in [0.05, 0.1) is 0 Å². The summed E-state index contributed by atoms with van der Waals surface area (Å²) >= 11 is 0. The number of hydrogen-bond acceptors (Lipinski definition) is 2. The molecular weight excluding hydrogens is 150 g/mol. The van der Waals surface area contributed by atoms with Crippen LogP contribution in [0.3, 0.4) is 0 Å². The number of rotatable bonds is 3. The SMILES string of the molecule is CC(C)(CN)C(N)c1cc[nH]c1. The van der Waals surface area contributed by atoms with E-state index in [0.29, 0.717) is 6.54 Å². The first-order valence-corrected chi connectivity index (χ1v) is 4.16. The topological polar surface area (TPSA) is 67.8 Å². The van der Waals surface area contributed by atoms with Crippen LogP contribution in [0.25, 0.3) is 0 Å². The van der Waals surface area contributed by atoms with Gasteiger partial charge in [0.25, 0.3) is 0 Å². The Hall–Kier alpha value is -0.800. The number of aromatic amines is 1. The highest BCUT2D eigenvalue weighted by Gasteiger charge is 2.26. The molecule has 3 heteroatoms. The molecule has 0 saturated heterocycles. The highest BCUT2D eigenvalue weighted by Crippen LogP contribution is 2.29. The molecule has 0 spiro atoms. The monoisotopic (exact) mass is 167 g/mol. The largest absolute Gasteiger partial charge is 0.367 e. The van der Waals surface area contributed by atoms with Crippen LogP contribution in [0.5, 0.6) is 0 Å². The van der Waals surface area contributed by atoms with E-state index in [1.165, 1.54) is 0 Å². The molecule has 12 heavy (non-hydrogen) atoms. The van der Waals surface area contributed by atoms with Gasteiger partial charge in [0, 0.05) is 18.4 Å². The van der Waals surface area contributed by atoms with Crippen molar-refractivity contribution in [3.8, 4) is 0 Å². The lowest BCUT2D eigenvalue weighted by Crippen LogP contribution is -2.35. The van der Waals surface area contributed by atoms with Crippen LogP contribution >= 0.6 is 0 Å². The Labute approximate surface area is 73.1 Å². The van der Waals surface area contributed by atoms with Crippen molar-refractivity contribution in [2.24, 2.45) is 16.9 Å². The summed E-state index contributed by atoms with van der Waals surface area (Å²) in [5, 5.41) is 0. The van der Waals surface area contributed by atoms with Crippen molar-refractivity contribution in [3.63, 3.8) is 0 Å². The van der Waals surface area contributed by atoms with E-state index >= 15 is 0 Å². The summed E-state index contributed by atoms with van der Waals surface area (Å²) < 4.78 is 0. The Morgan fingerprint density at radius 1 is 1.58 bits per heavy atom. The van der Waals surface area contributed by atoms with Gasteiger partial charge in [-0.05, 0) is 23.6 Å². The van der Waals surface area contributed by atoms with Crippen LogP contribution < -0.4 is 11.5 Å². The summed E-state index contributed by atoms with van der Waals surface area (Å²) in [5.74, 6) is 0. The summed E-state index contributed by atoms with van der Waals surface area (Å²) in [4.78, 5) is 2.99. The van der Waals surface area contributed by atoms with Crippen LogP contribution in [-0.4, -0.2) is 11.5 Å². The third-order valence-electron chi connectivity index (χ3n) is 2.35. The van der Waals surface area contributed by atoms with Crippen LogP contribution in [-0.2, 0) is 0 Å². The third kappa shape index (κ3) is 1.68. The van der Waals surface area contributed by atoms with Crippen molar-refractivity contribution in [1.82, 2.24) is 4.98 Å². The van der Waals surface area contributed by atoms with Gasteiger partial charge in [0.1, 0.15) is 0 Å². The lowest BCUT2D eigenvalue weighted by molar-refractivity contribution is 0.301. The zero-order valence-electron chi connectivity index (χ0n) is 7.67. The summed E-state index contributed by atoms with van der Waals surface area (Å²) in [6.07, 6.45) is 3.80. The molecule has 0 aromatic carbocycles. The van der Waals surface area contributed by atoms with E-state index < -0.39 is 0 Å². The molecule has 1 aromatic heterocycles. The van der Waals surface area contributed by atoms with Crippen LogP contribution in [0.15, 0.2) is 18.5 Å². The minimum atomic E-state index is -0.0395. The Balaban J connectivity index is 2.78. The van der Waals surface area contributed by atoms with E-state index in [1.807, 2.05) is 18.5 Å². The Kier molecular flexibility index (Phi) is 2.55. The van der Waals surface area contributed by atoms with E-state index in [9.17, 15) is 0 Å². The summed E-state index contributed by atoms with van der Waals surface area (Å²) in [6, 6.07) is 2.00. The molecule has 1 aromatic rings. The lowest BCUT2D eigenvalue weighted by atomic mass is 9.82. The molecule has 1 unspecified atom stereocenters. The zero-order valence-corrected chi connectivity index (χ0v) is 7.67. The molecule has 1 heterocycles. The van der Waals surface area contributed by atoms with E-state index in [0.717, 1.165) is 5.56 Å². The smallest absolute Gasteiger partial charge is 0.0373 e. The molecule has 0 saturated carbocycles. The standard InChI is InChI=1S/C9H17N3/c1-9(2,6-10)8(11)7-3-4-12-5-7/h3-5,8,12H,6,10-11H2,1-2H3. The molecule has 0 aliphatic heterocycles. The Morgan fingerprint density at radius 2 is 2.25 bits per heavy atom. The second-order valence-corrected chi connectivity index (χ2v) is 3.81. The summed E-state index contributed by atoms with van der Waals surface area (Å²) in [7, 11) is 0. The Bertz CT molecular complexity index is 226. The van der Waals surface area contributed by atoms with Crippen LogP contribution in [0.4, 0.5) is 0 Å². The molecule has 0 aliphatic rings. The van der Waals surface area contributed by atoms with Gasteiger partial charge in [-0.2, -0.15) is 0 Å². The van der Waals surface area contributed by atoms with Gasteiger partial charge in [0.2, 0.25) is 0 Å². The third-order valence-corrected chi connectivity index (χ3v) is 2.35. The van der Waals surface area contributed by atoms with E-state index in [4.69, 9.17) is 11.5 Å². The number of H-pyrrole nitrogens is 1. The minimum absolute atomic E-state index is 0.00810. The fourth-order valence-electron chi connectivity index (χ4n) is 1.11. The first kappa shape index (κ1) is 9.29. The number of nitrogens with two attached hydrogens (primary N) is 2. The van der Waals surface area contributed by atoms with Gasteiger partial charge in [-0.3, -0.25) is 0 Å². The molecule has 68 valence electrons. The van der Waals surface area contributed by atoms with Crippen molar-refractivity contribution in [1.29, 1.82) is 0 Å². The number of nitrogens with one attached hydrogen (secondary N) is 1. The van der Waals surface area contributed by atoms with Gasteiger partial charge in [-0.15, -0.1) is 0 Å². The Morgan fingerprint density at radius 3 is 2.67 bits per heavy atom. The molecule has 0 amide bonds. The van der Waals surface area contributed by atoms with E-state index in [1.54, 1.807) is 0 Å². The van der Waals surface area contributed by atoms with Crippen LogP contribution in [0, 0.1) is 5.41 Å². The van der Waals surface area contributed by atoms with Crippen molar-refractivity contribution in [3.05, 3.63) is 24.0 Å². The van der Waals surface area contributed by atoms with Crippen LogP contribution in [0.1, 0.15) is 25.5 Å². The second-order valence-electron chi connectivity index (χ2n) is 3.81. The van der Waals surface area contributed by atoms with E-state index in [2.05, 4.69) is 18.8 Å². The number of aromatic nitrogens is 1.